The van der Waals surface area contributed by atoms with Gasteiger partial charge in [0.1, 0.15) is 12.4 Å². The van der Waals surface area contributed by atoms with E-state index in [1.165, 1.54) is 77.3 Å². The van der Waals surface area contributed by atoms with Gasteiger partial charge in [0, 0.05) is 6.26 Å². The van der Waals surface area contributed by atoms with Gasteiger partial charge in [-0.15, -0.1) is 0 Å². The Morgan fingerprint density at radius 2 is 1.39 bits per heavy atom. The summed E-state index contributed by atoms with van der Waals surface area (Å²) in [6.45, 7) is 6.89. The van der Waals surface area contributed by atoms with Gasteiger partial charge in [0.15, 0.2) is 10.0 Å². The topological polar surface area (TPSA) is 91.2 Å². The van der Waals surface area contributed by atoms with E-state index in [0.29, 0.717) is 0 Å². The first kappa shape index (κ1) is 29.9. The van der Waals surface area contributed by atoms with Crippen molar-refractivity contribution in [2.24, 2.45) is 0 Å². The molecular formula is C19H36F3N3O4S2. The van der Waals surface area contributed by atoms with E-state index >= 15 is 0 Å². The molecule has 0 aromatic carbocycles. The Labute approximate surface area is 185 Å². The Morgan fingerprint density at radius 1 is 0.871 bits per heavy atom. The minimum atomic E-state index is -5.92. The van der Waals surface area contributed by atoms with Gasteiger partial charge in [-0.25, -0.2) is 26.0 Å². The van der Waals surface area contributed by atoms with Crippen LogP contribution in [0.1, 0.15) is 78.1 Å². The molecule has 0 unspecified atom stereocenters. The smallest absolute Gasteiger partial charge is 0.429 e. The summed E-state index contributed by atoms with van der Waals surface area (Å²) in [5.74, 6) is 0. The van der Waals surface area contributed by atoms with E-state index in [9.17, 15) is 30.0 Å². The number of rotatable bonds is 14. The van der Waals surface area contributed by atoms with Crippen LogP contribution in [0.4, 0.5) is 13.2 Å². The zero-order valence-electron chi connectivity index (χ0n) is 18.6. The minimum Gasteiger partial charge on any atom is -0.429 e. The van der Waals surface area contributed by atoms with Crippen LogP contribution in [-0.2, 0) is 33.1 Å². The number of hydrogen-bond donors (Lipinski definition) is 0. The Bertz CT molecular complexity index is 808. The van der Waals surface area contributed by atoms with Gasteiger partial charge in [-0.05, 0) is 19.3 Å². The molecule has 0 aliphatic heterocycles. The van der Waals surface area contributed by atoms with E-state index in [0.717, 1.165) is 0 Å². The highest BCUT2D eigenvalue weighted by Gasteiger charge is 2.39. The summed E-state index contributed by atoms with van der Waals surface area (Å²) >= 11 is 0. The Hall–Kier alpha value is -1.14. The summed E-state index contributed by atoms with van der Waals surface area (Å²) in [4.78, 5) is 0. The van der Waals surface area contributed by atoms with Crippen molar-refractivity contribution in [3.8, 4) is 0 Å². The summed E-state index contributed by atoms with van der Waals surface area (Å²) in [5, 5.41) is 0. The summed E-state index contributed by atoms with van der Waals surface area (Å²) in [6.07, 6.45) is 20.7. The maximum atomic E-state index is 11.4. The molecule has 1 aromatic rings. The molecule has 1 rings (SSSR count). The Balaban J connectivity index is 0.000000649. The molecule has 0 saturated heterocycles. The van der Waals surface area contributed by atoms with Crippen molar-refractivity contribution in [2.45, 2.75) is 96.7 Å². The normalized spacial score (nSPS) is 12.5. The second kappa shape index (κ2) is 14.8. The van der Waals surface area contributed by atoms with Crippen molar-refractivity contribution in [3.63, 3.8) is 0 Å². The maximum Gasteiger partial charge on any atom is 0.480 e. The van der Waals surface area contributed by atoms with Crippen LogP contribution >= 0.6 is 0 Å². The zero-order valence-corrected chi connectivity index (χ0v) is 20.3. The highest BCUT2D eigenvalue weighted by molar-refractivity contribution is 8.12. The van der Waals surface area contributed by atoms with Gasteiger partial charge in [0.2, 0.25) is 6.33 Å². The third-order valence-electron chi connectivity index (χ3n) is 4.31. The second-order valence-electron chi connectivity index (χ2n) is 7.45. The molecule has 184 valence electrons. The van der Waals surface area contributed by atoms with Gasteiger partial charge in [-0.1, -0.05) is 58.8 Å². The zero-order chi connectivity index (χ0) is 24.0. The molecule has 31 heavy (non-hydrogen) atoms. The van der Waals surface area contributed by atoms with E-state index in [1.54, 1.807) is 4.13 Å². The predicted octanol–water partition coefficient (Wildman–Crippen LogP) is 4.89. The van der Waals surface area contributed by atoms with E-state index in [4.69, 9.17) is 0 Å². The SMILES string of the molecule is CCCCCCCCCC[n+]1ccn(CCCC)c1.CS(=O)(=O)[N-]S(=O)(=O)C(F)(F)F. The molecule has 0 bridgehead atoms. The van der Waals surface area contributed by atoms with E-state index in [1.807, 2.05) is 0 Å². The van der Waals surface area contributed by atoms with Crippen molar-refractivity contribution in [2.75, 3.05) is 6.26 Å². The molecule has 0 fully saturated rings. The molecule has 0 aliphatic carbocycles. The van der Waals surface area contributed by atoms with E-state index in [-0.39, 0.29) is 6.26 Å². The molecule has 1 aromatic heterocycles. The van der Waals surface area contributed by atoms with Crippen molar-refractivity contribution in [3.05, 3.63) is 22.8 Å². The summed E-state index contributed by atoms with van der Waals surface area (Å²) in [5.41, 5.74) is -5.67. The van der Waals surface area contributed by atoms with Crippen molar-refractivity contribution >= 4 is 20.0 Å². The summed E-state index contributed by atoms with van der Waals surface area (Å²) < 4.78 is 80.6. The number of halogens is 3. The van der Waals surface area contributed by atoms with Crippen LogP contribution in [0, 0.1) is 0 Å². The van der Waals surface area contributed by atoms with Crippen LogP contribution in [0.2, 0.25) is 0 Å². The average Bonchev–Trinajstić information content (AvgIpc) is 3.07. The third kappa shape index (κ3) is 15.3. The van der Waals surface area contributed by atoms with Crippen LogP contribution < -0.4 is 4.57 Å². The first-order chi connectivity index (χ1) is 14.3. The van der Waals surface area contributed by atoms with Gasteiger partial charge >= 0.3 is 5.51 Å². The first-order valence-corrected chi connectivity index (χ1v) is 13.9. The lowest BCUT2D eigenvalue weighted by atomic mass is 10.1. The van der Waals surface area contributed by atoms with Gasteiger partial charge in [-0.3, -0.25) is 0 Å². The largest absolute Gasteiger partial charge is 0.480 e. The average molecular weight is 492 g/mol. The fourth-order valence-electron chi connectivity index (χ4n) is 2.69. The molecule has 0 N–H and O–H groups in total. The summed E-state index contributed by atoms with van der Waals surface area (Å²) in [6, 6.07) is 0. The molecule has 0 radical (unpaired) electrons. The molecule has 0 saturated carbocycles. The molecule has 0 aliphatic rings. The molecule has 0 amide bonds. The fourth-order valence-corrected chi connectivity index (χ4v) is 4.46. The molecule has 7 nitrogen and oxygen atoms in total. The van der Waals surface area contributed by atoms with Gasteiger partial charge < -0.3 is 4.13 Å². The van der Waals surface area contributed by atoms with E-state index in [2.05, 4.69) is 41.7 Å². The lowest BCUT2D eigenvalue weighted by Crippen LogP contribution is -2.30. The number of imidazole rings is 1. The van der Waals surface area contributed by atoms with E-state index < -0.39 is 25.6 Å². The Morgan fingerprint density at radius 3 is 1.84 bits per heavy atom. The number of aromatic nitrogens is 2. The highest BCUT2D eigenvalue weighted by Crippen LogP contribution is 2.29. The first-order valence-electron chi connectivity index (χ1n) is 10.6. The minimum absolute atomic E-state index is 0.246. The lowest BCUT2D eigenvalue weighted by Gasteiger charge is -2.19. The van der Waals surface area contributed by atoms with Gasteiger partial charge in [0.05, 0.1) is 23.1 Å². The second-order valence-corrected chi connectivity index (χ2v) is 10.9. The number of hydrogen-bond acceptors (Lipinski definition) is 4. The standard InChI is InChI=1S/C17H33N2.C2H3F3NO4S2/c1-3-5-7-8-9-10-11-12-14-19-16-15-18(17-19)13-6-4-2;1-11(7,8)6-12(9,10)2(3,4)5/h15-17H,3-14H2,1-2H3;1H3/q+1;-1. The van der Waals surface area contributed by atoms with Gasteiger partial charge in [-0.2, -0.15) is 13.2 Å². The molecule has 0 spiro atoms. The van der Waals surface area contributed by atoms with Crippen molar-refractivity contribution in [1.29, 1.82) is 0 Å². The quantitative estimate of drug-likeness (QED) is 0.274. The molecule has 1 heterocycles. The van der Waals surface area contributed by atoms with Crippen molar-refractivity contribution in [1.82, 2.24) is 4.57 Å². The molecule has 12 heteroatoms. The van der Waals surface area contributed by atoms with Crippen LogP contribution in [-0.4, -0.2) is 33.2 Å². The Kier molecular flexibility index (Phi) is 14.3. The number of sulfonamides is 2. The van der Waals surface area contributed by atoms with Crippen LogP contribution in [0.15, 0.2) is 18.7 Å². The van der Waals surface area contributed by atoms with Gasteiger partial charge in [0.25, 0.3) is 0 Å². The predicted molar refractivity (Wildman–Crippen MR) is 115 cm³/mol. The monoisotopic (exact) mass is 491 g/mol. The van der Waals surface area contributed by atoms with Crippen molar-refractivity contribution < 1.29 is 34.6 Å². The number of nitrogens with zero attached hydrogens (tertiary/aromatic N) is 3. The number of aryl methyl sites for hydroxylation is 2. The third-order valence-corrected chi connectivity index (χ3v) is 6.77. The molecular weight excluding hydrogens is 455 g/mol. The van der Waals surface area contributed by atoms with Crippen LogP contribution in [0.25, 0.3) is 4.13 Å². The lowest BCUT2D eigenvalue weighted by molar-refractivity contribution is -0.696. The molecule has 0 atom stereocenters. The maximum absolute atomic E-state index is 11.4. The fraction of sp³-hybridized carbons (Fsp3) is 0.842. The highest BCUT2D eigenvalue weighted by atomic mass is 32.3. The van der Waals surface area contributed by atoms with Crippen LogP contribution in [0.3, 0.4) is 0 Å². The van der Waals surface area contributed by atoms with Crippen LogP contribution in [0.5, 0.6) is 0 Å². The number of alkyl halides is 3. The summed E-state index contributed by atoms with van der Waals surface area (Å²) in [7, 11) is -10.5. The number of unbranched alkanes of at least 4 members (excludes halogenated alkanes) is 8.